The molecule has 1 N–H and O–H groups in total. The van der Waals surface area contributed by atoms with Gasteiger partial charge in [0.15, 0.2) is 11.6 Å². The Labute approximate surface area is 112 Å². The summed E-state index contributed by atoms with van der Waals surface area (Å²) in [5.74, 6) is -1.54. The Bertz CT molecular complexity index is 438. The third-order valence-electron chi connectivity index (χ3n) is 4.17. The number of likely N-dealkylation sites (tertiary alicyclic amines) is 1. The van der Waals surface area contributed by atoms with Gasteiger partial charge in [0.2, 0.25) is 0 Å². The summed E-state index contributed by atoms with van der Waals surface area (Å²) in [6.45, 7) is 2.95. The van der Waals surface area contributed by atoms with E-state index >= 15 is 0 Å². The predicted molar refractivity (Wildman–Crippen MR) is 70.8 cm³/mol. The second kappa shape index (κ2) is 5.55. The van der Waals surface area contributed by atoms with E-state index in [1.807, 2.05) is 0 Å². The second-order valence-corrected chi connectivity index (χ2v) is 5.67. The molecular weight excluding hydrogens is 246 g/mol. The quantitative estimate of drug-likeness (QED) is 0.901. The second-order valence-electron chi connectivity index (χ2n) is 5.67. The molecule has 0 amide bonds. The summed E-state index contributed by atoms with van der Waals surface area (Å²) in [6, 6.07) is 5.48. The standard InChI is InChI=1S/C15H20F2N2/c16-14-4-1-11(9-15(14)17)10-18-12-5-7-19(8-6-12)13-2-3-13/h1,4,9,12-13,18H,2-3,5-8,10H2. The van der Waals surface area contributed by atoms with Crippen LogP contribution in [-0.2, 0) is 6.54 Å². The predicted octanol–water partition coefficient (Wildman–Crippen LogP) is 2.68. The number of hydrogen-bond donors (Lipinski definition) is 1. The summed E-state index contributed by atoms with van der Waals surface area (Å²) in [4.78, 5) is 2.58. The maximum absolute atomic E-state index is 13.1. The molecule has 0 unspecified atom stereocenters. The molecule has 1 aliphatic carbocycles. The molecule has 1 aromatic carbocycles. The number of halogens is 2. The molecule has 4 heteroatoms. The zero-order valence-corrected chi connectivity index (χ0v) is 11.0. The van der Waals surface area contributed by atoms with Crippen molar-refractivity contribution in [1.29, 1.82) is 0 Å². The molecule has 1 saturated heterocycles. The minimum Gasteiger partial charge on any atom is -0.310 e. The van der Waals surface area contributed by atoms with Gasteiger partial charge in [-0.3, -0.25) is 0 Å². The first-order chi connectivity index (χ1) is 9.22. The maximum atomic E-state index is 13.1. The highest BCUT2D eigenvalue weighted by Gasteiger charge is 2.31. The number of hydrogen-bond acceptors (Lipinski definition) is 2. The number of piperidine rings is 1. The highest BCUT2D eigenvalue weighted by Crippen LogP contribution is 2.29. The van der Waals surface area contributed by atoms with Crippen LogP contribution in [0.1, 0.15) is 31.2 Å². The summed E-state index contributed by atoms with van der Waals surface area (Å²) >= 11 is 0. The average molecular weight is 266 g/mol. The molecule has 104 valence electrons. The molecule has 1 aromatic rings. The van der Waals surface area contributed by atoms with Gasteiger partial charge in [0.05, 0.1) is 0 Å². The Morgan fingerprint density at radius 3 is 2.42 bits per heavy atom. The van der Waals surface area contributed by atoms with E-state index in [1.54, 1.807) is 6.07 Å². The molecule has 19 heavy (non-hydrogen) atoms. The fraction of sp³-hybridized carbons (Fsp3) is 0.600. The number of rotatable bonds is 4. The molecule has 3 rings (SSSR count). The molecule has 0 spiro atoms. The van der Waals surface area contributed by atoms with E-state index in [-0.39, 0.29) is 0 Å². The average Bonchev–Trinajstić information content (AvgIpc) is 3.25. The fourth-order valence-electron chi connectivity index (χ4n) is 2.82. The van der Waals surface area contributed by atoms with Crippen molar-refractivity contribution in [1.82, 2.24) is 10.2 Å². The number of nitrogens with one attached hydrogen (secondary N) is 1. The van der Waals surface area contributed by atoms with Crippen LogP contribution in [0.4, 0.5) is 8.78 Å². The van der Waals surface area contributed by atoms with E-state index in [0.717, 1.165) is 24.4 Å². The van der Waals surface area contributed by atoms with Crippen molar-refractivity contribution >= 4 is 0 Å². The number of nitrogens with zero attached hydrogens (tertiary/aromatic N) is 1. The van der Waals surface area contributed by atoms with Crippen LogP contribution in [0.3, 0.4) is 0 Å². The van der Waals surface area contributed by atoms with E-state index < -0.39 is 11.6 Å². The Hall–Kier alpha value is -1.00. The highest BCUT2D eigenvalue weighted by atomic mass is 19.2. The van der Waals surface area contributed by atoms with E-state index in [4.69, 9.17) is 0 Å². The number of benzene rings is 1. The molecule has 2 fully saturated rings. The molecule has 0 bridgehead atoms. The van der Waals surface area contributed by atoms with Gasteiger partial charge in [-0.25, -0.2) is 8.78 Å². The molecule has 2 nitrogen and oxygen atoms in total. The first kappa shape index (κ1) is 13.0. The van der Waals surface area contributed by atoms with Gasteiger partial charge in [-0.05, 0) is 56.5 Å². The van der Waals surface area contributed by atoms with Crippen molar-refractivity contribution in [2.75, 3.05) is 13.1 Å². The van der Waals surface area contributed by atoms with Crippen LogP contribution in [0.5, 0.6) is 0 Å². The maximum Gasteiger partial charge on any atom is 0.159 e. The third-order valence-corrected chi connectivity index (χ3v) is 4.17. The van der Waals surface area contributed by atoms with E-state index in [2.05, 4.69) is 10.2 Å². The van der Waals surface area contributed by atoms with Crippen LogP contribution >= 0.6 is 0 Å². The van der Waals surface area contributed by atoms with Gasteiger partial charge in [-0.1, -0.05) is 6.07 Å². The lowest BCUT2D eigenvalue weighted by atomic mass is 10.0. The van der Waals surface area contributed by atoms with Crippen LogP contribution in [0.2, 0.25) is 0 Å². The third kappa shape index (κ3) is 3.31. The summed E-state index contributed by atoms with van der Waals surface area (Å²) in [7, 11) is 0. The highest BCUT2D eigenvalue weighted by molar-refractivity contribution is 5.17. The van der Waals surface area contributed by atoms with E-state index in [0.29, 0.717) is 12.6 Å². The Balaban J connectivity index is 1.45. The van der Waals surface area contributed by atoms with Gasteiger partial charge in [0, 0.05) is 18.6 Å². The normalized spacial score (nSPS) is 21.8. The van der Waals surface area contributed by atoms with Crippen molar-refractivity contribution in [2.24, 2.45) is 0 Å². The molecule has 1 heterocycles. The van der Waals surface area contributed by atoms with Gasteiger partial charge >= 0.3 is 0 Å². The smallest absolute Gasteiger partial charge is 0.159 e. The SMILES string of the molecule is Fc1ccc(CNC2CCN(C3CC3)CC2)cc1F. The molecule has 1 saturated carbocycles. The molecule has 0 radical (unpaired) electrons. The van der Waals surface area contributed by atoms with Gasteiger partial charge in [-0.2, -0.15) is 0 Å². The molecule has 0 atom stereocenters. The van der Waals surface area contributed by atoms with Crippen LogP contribution in [0.15, 0.2) is 18.2 Å². The van der Waals surface area contributed by atoms with E-state index in [1.165, 1.54) is 38.1 Å². The zero-order chi connectivity index (χ0) is 13.2. The summed E-state index contributed by atoms with van der Waals surface area (Å²) in [5.41, 5.74) is 0.809. The first-order valence-corrected chi connectivity index (χ1v) is 7.14. The van der Waals surface area contributed by atoms with Crippen LogP contribution in [0, 0.1) is 11.6 Å². The van der Waals surface area contributed by atoms with Crippen LogP contribution in [-0.4, -0.2) is 30.1 Å². The molecule has 2 aliphatic rings. The minimum absolute atomic E-state index is 0.503. The van der Waals surface area contributed by atoms with Gasteiger partial charge in [0.1, 0.15) is 0 Å². The largest absolute Gasteiger partial charge is 0.310 e. The van der Waals surface area contributed by atoms with Gasteiger partial charge in [-0.15, -0.1) is 0 Å². The fourth-order valence-corrected chi connectivity index (χ4v) is 2.82. The lowest BCUT2D eigenvalue weighted by Gasteiger charge is -2.32. The minimum atomic E-state index is -0.776. The lowest BCUT2D eigenvalue weighted by molar-refractivity contribution is 0.189. The molecule has 1 aliphatic heterocycles. The van der Waals surface area contributed by atoms with Crippen molar-refractivity contribution in [3.8, 4) is 0 Å². The summed E-state index contributed by atoms with van der Waals surface area (Å²) in [5, 5.41) is 3.45. The lowest BCUT2D eigenvalue weighted by Crippen LogP contribution is -2.43. The van der Waals surface area contributed by atoms with Crippen LogP contribution < -0.4 is 5.32 Å². The Morgan fingerprint density at radius 1 is 1.05 bits per heavy atom. The van der Waals surface area contributed by atoms with E-state index in [9.17, 15) is 8.78 Å². The van der Waals surface area contributed by atoms with Gasteiger partial charge < -0.3 is 10.2 Å². The van der Waals surface area contributed by atoms with Crippen molar-refractivity contribution in [3.05, 3.63) is 35.4 Å². The van der Waals surface area contributed by atoms with Crippen LogP contribution in [0.25, 0.3) is 0 Å². The Kier molecular flexibility index (Phi) is 3.80. The monoisotopic (exact) mass is 266 g/mol. The zero-order valence-electron chi connectivity index (χ0n) is 11.0. The summed E-state index contributed by atoms with van der Waals surface area (Å²) in [6.07, 6.45) is 5.04. The van der Waals surface area contributed by atoms with Crippen molar-refractivity contribution in [2.45, 2.75) is 44.3 Å². The van der Waals surface area contributed by atoms with Crippen molar-refractivity contribution < 1.29 is 8.78 Å². The van der Waals surface area contributed by atoms with Gasteiger partial charge in [0.25, 0.3) is 0 Å². The topological polar surface area (TPSA) is 15.3 Å². The Morgan fingerprint density at radius 2 is 1.79 bits per heavy atom. The summed E-state index contributed by atoms with van der Waals surface area (Å²) < 4.78 is 25.9. The molecular formula is C15H20F2N2. The molecule has 0 aromatic heterocycles. The van der Waals surface area contributed by atoms with Crippen molar-refractivity contribution in [3.63, 3.8) is 0 Å². The first-order valence-electron chi connectivity index (χ1n) is 7.14.